The van der Waals surface area contributed by atoms with Crippen LogP contribution >= 0.6 is 12.2 Å². The molecular formula is C9H18N2OS. The van der Waals surface area contributed by atoms with E-state index in [0.29, 0.717) is 11.4 Å². The van der Waals surface area contributed by atoms with Crippen LogP contribution in [-0.2, 0) is 4.79 Å². The molecule has 0 fully saturated rings. The second-order valence-corrected chi connectivity index (χ2v) is 4.15. The van der Waals surface area contributed by atoms with E-state index in [0.717, 1.165) is 0 Å². The van der Waals surface area contributed by atoms with Crippen molar-refractivity contribution in [1.82, 2.24) is 4.90 Å². The minimum absolute atomic E-state index is 0.0267. The van der Waals surface area contributed by atoms with Crippen LogP contribution in [0.5, 0.6) is 0 Å². The van der Waals surface area contributed by atoms with Crippen molar-refractivity contribution < 1.29 is 4.79 Å². The first kappa shape index (κ1) is 12.4. The van der Waals surface area contributed by atoms with Gasteiger partial charge in [0.05, 0.1) is 4.99 Å². The van der Waals surface area contributed by atoms with Crippen molar-refractivity contribution in [3.63, 3.8) is 0 Å². The molecule has 76 valence electrons. The highest BCUT2D eigenvalue weighted by Crippen LogP contribution is 2.06. The average Bonchev–Trinajstić information content (AvgIpc) is 2.00. The minimum atomic E-state index is 0.0267. The van der Waals surface area contributed by atoms with Crippen LogP contribution in [0.1, 0.15) is 27.2 Å². The predicted octanol–water partition coefficient (Wildman–Crippen LogP) is 1.17. The summed E-state index contributed by atoms with van der Waals surface area (Å²) in [5, 5.41) is 0. The highest BCUT2D eigenvalue weighted by atomic mass is 32.1. The number of hydrogen-bond donors (Lipinski definition) is 1. The molecule has 0 heterocycles. The van der Waals surface area contributed by atoms with Crippen molar-refractivity contribution in [3.05, 3.63) is 0 Å². The molecule has 4 heteroatoms. The summed E-state index contributed by atoms with van der Waals surface area (Å²) < 4.78 is 0. The van der Waals surface area contributed by atoms with Crippen LogP contribution in [-0.4, -0.2) is 28.9 Å². The molecular weight excluding hydrogens is 184 g/mol. The first-order valence-electron chi connectivity index (χ1n) is 4.41. The molecule has 0 saturated heterocycles. The lowest BCUT2D eigenvalue weighted by Crippen LogP contribution is -2.39. The fourth-order valence-electron chi connectivity index (χ4n) is 1.05. The molecule has 1 unspecified atom stereocenters. The second kappa shape index (κ2) is 5.17. The summed E-state index contributed by atoms with van der Waals surface area (Å²) in [5.74, 6) is 0.155. The van der Waals surface area contributed by atoms with Crippen molar-refractivity contribution >= 4 is 23.1 Å². The number of amides is 1. The molecule has 3 nitrogen and oxygen atoms in total. The molecule has 0 bridgehead atoms. The van der Waals surface area contributed by atoms with Gasteiger partial charge in [-0.3, -0.25) is 4.79 Å². The van der Waals surface area contributed by atoms with Gasteiger partial charge in [0.25, 0.3) is 0 Å². The zero-order valence-corrected chi connectivity index (χ0v) is 9.52. The first-order chi connectivity index (χ1) is 5.86. The van der Waals surface area contributed by atoms with Crippen LogP contribution in [0.15, 0.2) is 0 Å². The summed E-state index contributed by atoms with van der Waals surface area (Å²) in [6.07, 6.45) is 0.588. The predicted molar refractivity (Wildman–Crippen MR) is 58.5 cm³/mol. The third-order valence-corrected chi connectivity index (χ3v) is 2.17. The third-order valence-electron chi connectivity index (χ3n) is 2.00. The van der Waals surface area contributed by atoms with Crippen LogP contribution in [0.2, 0.25) is 0 Å². The maximum Gasteiger partial charge on any atom is 0.225 e. The van der Waals surface area contributed by atoms with Gasteiger partial charge in [-0.1, -0.05) is 26.1 Å². The molecule has 0 aromatic carbocycles. The number of carbonyl (C=O) groups excluding carboxylic acids is 1. The van der Waals surface area contributed by atoms with Crippen molar-refractivity contribution in [1.29, 1.82) is 0 Å². The van der Waals surface area contributed by atoms with E-state index in [1.165, 1.54) is 0 Å². The maximum atomic E-state index is 11.5. The Bertz CT molecular complexity index is 204. The molecule has 0 radical (unpaired) electrons. The van der Waals surface area contributed by atoms with E-state index < -0.39 is 0 Å². The lowest BCUT2D eigenvalue weighted by Gasteiger charge is -2.26. The van der Waals surface area contributed by atoms with E-state index in [4.69, 9.17) is 18.0 Å². The second-order valence-electron chi connectivity index (χ2n) is 3.62. The number of rotatable bonds is 4. The molecule has 2 N–H and O–H groups in total. The summed E-state index contributed by atoms with van der Waals surface area (Å²) >= 11 is 4.78. The number of hydrogen-bond acceptors (Lipinski definition) is 2. The molecule has 0 aliphatic carbocycles. The summed E-state index contributed by atoms with van der Waals surface area (Å²) in [6, 6.07) is 0.0902. The van der Waals surface area contributed by atoms with Gasteiger partial charge in [0.1, 0.15) is 0 Å². The normalized spacial score (nSPS) is 12.7. The molecule has 1 atom stereocenters. The molecule has 0 rings (SSSR count). The minimum Gasteiger partial charge on any atom is -0.393 e. The molecule has 1 amide bonds. The largest absolute Gasteiger partial charge is 0.393 e. The van der Waals surface area contributed by atoms with Crippen LogP contribution in [0.4, 0.5) is 0 Å². The van der Waals surface area contributed by atoms with E-state index >= 15 is 0 Å². The van der Waals surface area contributed by atoms with Gasteiger partial charge in [-0.2, -0.15) is 0 Å². The Morgan fingerprint density at radius 2 is 1.92 bits per heavy atom. The van der Waals surface area contributed by atoms with Crippen LogP contribution in [0.25, 0.3) is 0 Å². The highest BCUT2D eigenvalue weighted by Gasteiger charge is 2.18. The molecule has 0 aromatic rings. The third kappa shape index (κ3) is 4.22. The van der Waals surface area contributed by atoms with E-state index in [9.17, 15) is 4.79 Å². The zero-order valence-electron chi connectivity index (χ0n) is 8.70. The topological polar surface area (TPSA) is 46.3 Å². The highest BCUT2D eigenvalue weighted by molar-refractivity contribution is 7.80. The molecule has 0 saturated carbocycles. The Morgan fingerprint density at radius 3 is 2.23 bits per heavy atom. The Balaban J connectivity index is 4.17. The fourth-order valence-corrected chi connectivity index (χ4v) is 1.29. The molecule has 13 heavy (non-hydrogen) atoms. The fraction of sp³-hybridized carbons (Fsp3) is 0.778. The summed E-state index contributed by atoms with van der Waals surface area (Å²) in [6.45, 7) is 5.71. The quantitative estimate of drug-likeness (QED) is 0.696. The van der Waals surface area contributed by atoms with Crippen molar-refractivity contribution in [2.45, 2.75) is 33.2 Å². The molecule has 0 aromatic heterocycles. The number of carbonyl (C=O) groups is 1. The Hall–Kier alpha value is -0.640. The van der Waals surface area contributed by atoms with Gasteiger partial charge in [0.15, 0.2) is 0 Å². The van der Waals surface area contributed by atoms with Gasteiger partial charge in [-0.15, -0.1) is 0 Å². The summed E-state index contributed by atoms with van der Waals surface area (Å²) in [4.78, 5) is 13.7. The average molecular weight is 202 g/mol. The molecule has 0 aliphatic heterocycles. The Kier molecular flexibility index (Phi) is 4.91. The Labute approximate surface area is 85.3 Å². The lowest BCUT2D eigenvalue weighted by molar-refractivity contribution is -0.134. The molecule has 0 spiro atoms. The van der Waals surface area contributed by atoms with Crippen LogP contribution in [0, 0.1) is 5.92 Å². The smallest absolute Gasteiger partial charge is 0.225 e. The first-order valence-corrected chi connectivity index (χ1v) is 4.82. The number of nitrogens with zero attached hydrogens (tertiary/aromatic N) is 1. The van der Waals surface area contributed by atoms with Gasteiger partial charge in [0, 0.05) is 25.4 Å². The van der Waals surface area contributed by atoms with E-state index in [1.54, 1.807) is 11.9 Å². The zero-order chi connectivity index (χ0) is 10.6. The van der Waals surface area contributed by atoms with Crippen molar-refractivity contribution in [2.75, 3.05) is 7.05 Å². The number of nitrogens with two attached hydrogens (primary N) is 1. The Morgan fingerprint density at radius 1 is 1.46 bits per heavy atom. The van der Waals surface area contributed by atoms with Gasteiger partial charge < -0.3 is 10.6 Å². The van der Waals surface area contributed by atoms with E-state index in [2.05, 4.69) is 0 Å². The monoisotopic (exact) mass is 202 g/mol. The summed E-state index contributed by atoms with van der Waals surface area (Å²) in [5.41, 5.74) is 5.40. The van der Waals surface area contributed by atoms with E-state index in [1.807, 2.05) is 20.8 Å². The van der Waals surface area contributed by atoms with Gasteiger partial charge in [0.2, 0.25) is 5.91 Å². The van der Waals surface area contributed by atoms with Crippen molar-refractivity contribution in [2.24, 2.45) is 11.7 Å². The van der Waals surface area contributed by atoms with Gasteiger partial charge in [-0.25, -0.2) is 0 Å². The van der Waals surface area contributed by atoms with Crippen molar-refractivity contribution in [3.8, 4) is 0 Å². The SMILES string of the molecule is CC(C)C(=O)N(C)C(C)CC(N)=S. The van der Waals surface area contributed by atoms with Crippen LogP contribution < -0.4 is 5.73 Å². The molecule has 0 aliphatic rings. The van der Waals surface area contributed by atoms with Gasteiger partial charge in [-0.05, 0) is 6.92 Å². The van der Waals surface area contributed by atoms with E-state index in [-0.39, 0.29) is 17.9 Å². The summed E-state index contributed by atoms with van der Waals surface area (Å²) in [7, 11) is 1.78. The standard InChI is InChI=1S/C9H18N2OS/c1-6(2)9(12)11(4)7(3)5-8(10)13/h6-7H,5H2,1-4H3,(H2,10,13). The number of thiocarbonyl (C=S) groups is 1. The lowest BCUT2D eigenvalue weighted by atomic mass is 10.1. The van der Waals surface area contributed by atoms with Gasteiger partial charge >= 0.3 is 0 Å². The maximum absolute atomic E-state index is 11.5. The van der Waals surface area contributed by atoms with Crippen LogP contribution in [0.3, 0.4) is 0 Å².